The van der Waals surface area contributed by atoms with E-state index >= 15 is 0 Å². The Kier molecular flexibility index (Phi) is 5.66. The number of thioether (sulfide) groups is 1. The van der Waals surface area contributed by atoms with Crippen LogP contribution in [0.15, 0.2) is 29.2 Å². The van der Waals surface area contributed by atoms with Crippen LogP contribution in [-0.4, -0.2) is 24.5 Å². The lowest BCUT2D eigenvalue weighted by Crippen LogP contribution is -2.36. The molecule has 0 amide bonds. The molecule has 5 heteroatoms. The third-order valence-corrected chi connectivity index (χ3v) is 4.31. The molecule has 0 saturated carbocycles. The number of ether oxygens (including phenoxy) is 1. The van der Waals surface area contributed by atoms with E-state index in [9.17, 15) is 8.78 Å². The molecule has 20 heavy (non-hydrogen) atoms. The van der Waals surface area contributed by atoms with E-state index < -0.39 is 5.76 Å². The Labute approximate surface area is 123 Å². The minimum atomic E-state index is -2.39. The van der Waals surface area contributed by atoms with Crippen LogP contribution in [0.2, 0.25) is 0 Å². The highest BCUT2D eigenvalue weighted by atomic mass is 32.2. The van der Waals surface area contributed by atoms with E-state index in [2.05, 4.69) is 19.2 Å². The lowest BCUT2D eigenvalue weighted by Gasteiger charge is -2.33. The number of para-hydroxylation sites is 1. The van der Waals surface area contributed by atoms with Crippen molar-refractivity contribution in [1.29, 1.82) is 0 Å². The van der Waals surface area contributed by atoms with E-state index in [4.69, 9.17) is 4.74 Å². The lowest BCUT2D eigenvalue weighted by atomic mass is 9.95. The summed E-state index contributed by atoms with van der Waals surface area (Å²) < 4.78 is 30.9. The molecule has 2 rings (SSSR count). The molecule has 0 aromatic heterocycles. The van der Waals surface area contributed by atoms with Crippen LogP contribution in [0.1, 0.15) is 26.7 Å². The SMILES string of the molecule is CC(C)C1CC(Nc2ccccc2SC(F)F)CCO1. The van der Waals surface area contributed by atoms with Crippen LogP contribution in [0.4, 0.5) is 14.5 Å². The Morgan fingerprint density at radius 3 is 2.75 bits per heavy atom. The van der Waals surface area contributed by atoms with Crippen molar-refractivity contribution >= 4 is 17.4 Å². The van der Waals surface area contributed by atoms with Crippen LogP contribution in [0.3, 0.4) is 0 Å². The van der Waals surface area contributed by atoms with Crippen LogP contribution >= 0.6 is 11.8 Å². The van der Waals surface area contributed by atoms with E-state index in [-0.39, 0.29) is 12.1 Å². The van der Waals surface area contributed by atoms with Crippen molar-refractivity contribution in [3.05, 3.63) is 24.3 Å². The van der Waals surface area contributed by atoms with Gasteiger partial charge in [0.2, 0.25) is 0 Å². The molecule has 0 bridgehead atoms. The number of nitrogens with one attached hydrogen (secondary N) is 1. The van der Waals surface area contributed by atoms with Crippen molar-refractivity contribution in [3.8, 4) is 0 Å². The van der Waals surface area contributed by atoms with Gasteiger partial charge in [-0.2, -0.15) is 8.78 Å². The molecule has 1 N–H and O–H groups in total. The minimum absolute atomic E-state index is 0.246. The minimum Gasteiger partial charge on any atom is -0.381 e. The Balaban J connectivity index is 2.02. The maximum absolute atomic E-state index is 12.6. The Hall–Kier alpha value is -0.810. The number of anilines is 1. The second-order valence-electron chi connectivity index (χ2n) is 5.39. The summed E-state index contributed by atoms with van der Waals surface area (Å²) in [4.78, 5) is 0.607. The number of benzene rings is 1. The van der Waals surface area contributed by atoms with Gasteiger partial charge in [-0.05, 0) is 30.9 Å². The molecular formula is C15H21F2NOS. The largest absolute Gasteiger partial charge is 0.381 e. The summed E-state index contributed by atoms with van der Waals surface area (Å²) in [5.74, 6) is -1.92. The molecule has 1 fully saturated rings. The molecule has 0 radical (unpaired) electrons. The van der Waals surface area contributed by atoms with Gasteiger partial charge in [0.1, 0.15) is 0 Å². The number of hydrogen-bond donors (Lipinski definition) is 1. The predicted octanol–water partition coefficient (Wildman–Crippen LogP) is 4.62. The quantitative estimate of drug-likeness (QED) is 0.802. The number of rotatable bonds is 5. The fourth-order valence-electron chi connectivity index (χ4n) is 2.43. The van der Waals surface area contributed by atoms with Crippen LogP contribution in [0.5, 0.6) is 0 Å². The first-order valence-electron chi connectivity index (χ1n) is 6.98. The van der Waals surface area contributed by atoms with Crippen molar-refractivity contribution < 1.29 is 13.5 Å². The molecule has 2 atom stereocenters. The van der Waals surface area contributed by atoms with Crippen molar-refractivity contribution in [2.75, 3.05) is 11.9 Å². The van der Waals surface area contributed by atoms with Crippen molar-refractivity contribution in [2.24, 2.45) is 5.92 Å². The van der Waals surface area contributed by atoms with Crippen molar-refractivity contribution in [3.63, 3.8) is 0 Å². The second-order valence-corrected chi connectivity index (χ2v) is 6.43. The number of hydrogen-bond acceptors (Lipinski definition) is 3. The summed E-state index contributed by atoms with van der Waals surface area (Å²) in [5.41, 5.74) is 0.798. The predicted molar refractivity (Wildman–Crippen MR) is 79.5 cm³/mol. The third-order valence-electron chi connectivity index (χ3n) is 3.52. The maximum atomic E-state index is 12.6. The molecule has 1 aliphatic rings. The highest BCUT2D eigenvalue weighted by Crippen LogP contribution is 2.33. The molecule has 2 nitrogen and oxygen atoms in total. The average Bonchev–Trinajstić information content (AvgIpc) is 2.41. The average molecular weight is 301 g/mol. The van der Waals surface area contributed by atoms with E-state index in [1.807, 2.05) is 12.1 Å². The molecule has 1 aromatic rings. The first-order valence-corrected chi connectivity index (χ1v) is 7.86. The highest BCUT2D eigenvalue weighted by Gasteiger charge is 2.25. The van der Waals surface area contributed by atoms with Crippen LogP contribution in [0.25, 0.3) is 0 Å². The van der Waals surface area contributed by atoms with Gasteiger partial charge in [-0.15, -0.1) is 0 Å². The number of halogens is 2. The Morgan fingerprint density at radius 2 is 2.05 bits per heavy atom. The van der Waals surface area contributed by atoms with Crippen LogP contribution in [-0.2, 0) is 4.74 Å². The van der Waals surface area contributed by atoms with Crippen LogP contribution < -0.4 is 5.32 Å². The van der Waals surface area contributed by atoms with E-state index in [1.165, 1.54) is 0 Å². The zero-order valence-corrected chi connectivity index (χ0v) is 12.6. The normalized spacial score (nSPS) is 23.3. The van der Waals surface area contributed by atoms with E-state index in [0.29, 0.717) is 22.6 Å². The molecule has 0 aliphatic carbocycles. The summed E-state index contributed by atoms with van der Waals surface area (Å²) in [7, 11) is 0. The fraction of sp³-hybridized carbons (Fsp3) is 0.600. The molecule has 2 unspecified atom stereocenters. The highest BCUT2D eigenvalue weighted by molar-refractivity contribution is 7.99. The monoisotopic (exact) mass is 301 g/mol. The summed E-state index contributed by atoms with van der Waals surface area (Å²) in [5, 5.41) is 3.41. The van der Waals surface area contributed by atoms with Gasteiger partial charge in [0.15, 0.2) is 0 Å². The van der Waals surface area contributed by atoms with Gasteiger partial charge >= 0.3 is 0 Å². The van der Waals surface area contributed by atoms with Gasteiger partial charge in [-0.3, -0.25) is 0 Å². The molecule has 112 valence electrons. The van der Waals surface area contributed by atoms with E-state index in [1.54, 1.807) is 12.1 Å². The lowest BCUT2D eigenvalue weighted by molar-refractivity contribution is -0.0161. The molecule has 1 heterocycles. The molecule has 0 spiro atoms. The second kappa shape index (κ2) is 7.27. The Bertz CT molecular complexity index is 428. The van der Waals surface area contributed by atoms with Crippen molar-refractivity contribution in [1.82, 2.24) is 0 Å². The van der Waals surface area contributed by atoms with Gasteiger partial charge in [-0.25, -0.2) is 0 Å². The summed E-state index contributed by atoms with van der Waals surface area (Å²) in [6.07, 6.45) is 2.08. The Morgan fingerprint density at radius 1 is 1.30 bits per heavy atom. The zero-order chi connectivity index (χ0) is 14.5. The van der Waals surface area contributed by atoms with Gasteiger partial charge in [0.05, 0.1) is 6.10 Å². The first-order chi connectivity index (χ1) is 9.56. The molecular weight excluding hydrogens is 280 g/mol. The summed E-state index contributed by atoms with van der Waals surface area (Å²) in [6, 6.07) is 7.55. The summed E-state index contributed by atoms with van der Waals surface area (Å²) >= 11 is 0.594. The standard InChI is InChI=1S/C15H21F2NOS/c1-10(2)13-9-11(7-8-19-13)18-12-5-3-4-6-14(12)20-15(16)17/h3-6,10-11,13,15,18H,7-9H2,1-2H3. The molecule has 1 saturated heterocycles. The topological polar surface area (TPSA) is 21.3 Å². The first kappa shape index (κ1) is 15.6. The summed E-state index contributed by atoms with van der Waals surface area (Å²) in [6.45, 7) is 5.02. The molecule has 1 aliphatic heterocycles. The zero-order valence-electron chi connectivity index (χ0n) is 11.8. The third kappa shape index (κ3) is 4.35. The fourth-order valence-corrected chi connectivity index (χ4v) is 3.03. The van der Waals surface area contributed by atoms with Gasteiger partial charge < -0.3 is 10.1 Å². The van der Waals surface area contributed by atoms with Crippen molar-refractivity contribution in [2.45, 2.75) is 49.5 Å². The van der Waals surface area contributed by atoms with E-state index in [0.717, 1.165) is 25.1 Å². The van der Waals surface area contributed by atoms with Gasteiger partial charge in [0.25, 0.3) is 5.76 Å². The van der Waals surface area contributed by atoms with Gasteiger partial charge in [0, 0.05) is 23.2 Å². The van der Waals surface area contributed by atoms with Gasteiger partial charge in [-0.1, -0.05) is 37.7 Å². The number of alkyl halides is 2. The van der Waals surface area contributed by atoms with Crippen LogP contribution in [0, 0.1) is 5.92 Å². The molecule has 1 aromatic carbocycles. The maximum Gasteiger partial charge on any atom is 0.288 e. The smallest absolute Gasteiger partial charge is 0.288 e.